The number of halogens is 4. The van der Waals surface area contributed by atoms with E-state index in [9.17, 15) is 27.2 Å². The van der Waals surface area contributed by atoms with Gasteiger partial charge in [-0.25, -0.2) is 9.18 Å². The molecule has 1 heterocycles. The number of rotatable bonds is 16. The summed E-state index contributed by atoms with van der Waals surface area (Å²) < 4.78 is 59.5. The lowest BCUT2D eigenvalue weighted by Crippen LogP contribution is -2.42. The maximum absolute atomic E-state index is 14.2. The van der Waals surface area contributed by atoms with Crippen molar-refractivity contribution in [1.82, 2.24) is 4.90 Å². The van der Waals surface area contributed by atoms with Crippen LogP contribution in [0.3, 0.4) is 0 Å². The number of carbonyl (C=O) groups excluding carboxylic acids is 2. The van der Waals surface area contributed by atoms with Crippen molar-refractivity contribution < 1.29 is 31.9 Å². The van der Waals surface area contributed by atoms with Crippen LogP contribution in [-0.2, 0) is 15.7 Å². The van der Waals surface area contributed by atoms with E-state index in [1.54, 1.807) is 0 Å². The highest BCUT2D eigenvalue weighted by molar-refractivity contribution is 5.98. The standard InChI is InChI=1S/C28H41F4NO3/c1-2-3-4-5-6-7-8-9-10-11-12-13-14-21-36-27(35)24-19-16-20-33(24)26(34)25-22(28(30,31)32)17-15-18-23(25)29/h15,17-18,24H,2-14,16,19-21H2,1H3. The van der Waals surface area contributed by atoms with Crippen LogP contribution in [0.15, 0.2) is 18.2 Å². The summed E-state index contributed by atoms with van der Waals surface area (Å²) in [7, 11) is 0. The van der Waals surface area contributed by atoms with E-state index in [-0.39, 0.29) is 13.2 Å². The Morgan fingerprint density at radius 3 is 2.03 bits per heavy atom. The molecule has 0 aromatic heterocycles. The number of alkyl halides is 3. The number of likely N-dealkylation sites (tertiary alicyclic amines) is 1. The number of amides is 1. The Balaban J connectivity index is 1.67. The second kappa shape index (κ2) is 15.9. The lowest BCUT2D eigenvalue weighted by molar-refractivity contribution is -0.148. The van der Waals surface area contributed by atoms with Crippen molar-refractivity contribution >= 4 is 11.9 Å². The Bertz CT molecular complexity index is 812. The van der Waals surface area contributed by atoms with Crippen molar-refractivity contribution in [3.05, 3.63) is 35.1 Å². The number of benzene rings is 1. The molecule has 1 fully saturated rings. The second-order valence-electron chi connectivity index (χ2n) is 9.73. The van der Waals surface area contributed by atoms with Crippen molar-refractivity contribution in [2.75, 3.05) is 13.2 Å². The molecule has 1 aliphatic rings. The fourth-order valence-corrected chi connectivity index (χ4v) is 4.76. The highest BCUT2D eigenvalue weighted by atomic mass is 19.4. The predicted molar refractivity (Wildman–Crippen MR) is 132 cm³/mol. The second-order valence-corrected chi connectivity index (χ2v) is 9.73. The number of hydrogen-bond acceptors (Lipinski definition) is 3. The largest absolute Gasteiger partial charge is 0.464 e. The van der Waals surface area contributed by atoms with E-state index in [0.29, 0.717) is 25.3 Å². The summed E-state index contributed by atoms with van der Waals surface area (Å²) in [5.74, 6) is -3.01. The minimum atomic E-state index is -4.88. The summed E-state index contributed by atoms with van der Waals surface area (Å²) in [5.41, 5.74) is -2.38. The number of hydrogen-bond donors (Lipinski definition) is 0. The molecule has 0 saturated carbocycles. The highest BCUT2D eigenvalue weighted by Gasteiger charge is 2.42. The fourth-order valence-electron chi connectivity index (χ4n) is 4.76. The zero-order valence-electron chi connectivity index (χ0n) is 21.5. The van der Waals surface area contributed by atoms with E-state index in [1.807, 2.05) is 0 Å². The first-order valence-corrected chi connectivity index (χ1v) is 13.6. The quantitative estimate of drug-likeness (QED) is 0.127. The Morgan fingerprint density at radius 1 is 0.917 bits per heavy atom. The summed E-state index contributed by atoms with van der Waals surface area (Å²) in [6.07, 6.45) is 11.4. The molecule has 0 aliphatic carbocycles. The van der Waals surface area contributed by atoms with Gasteiger partial charge in [0.2, 0.25) is 0 Å². The van der Waals surface area contributed by atoms with Crippen molar-refractivity contribution in [2.24, 2.45) is 0 Å². The van der Waals surface area contributed by atoms with Gasteiger partial charge in [0.05, 0.1) is 17.7 Å². The van der Waals surface area contributed by atoms with Crippen molar-refractivity contribution in [2.45, 2.75) is 115 Å². The molecule has 1 aromatic rings. The molecule has 0 radical (unpaired) electrons. The van der Waals surface area contributed by atoms with E-state index in [1.165, 1.54) is 57.8 Å². The number of carbonyl (C=O) groups is 2. The summed E-state index contributed by atoms with van der Waals surface area (Å²) in [6.45, 7) is 2.52. The van der Waals surface area contributed by atoms with Crippen molar-refractivity contribution in [3.8, 4) is 0 Å². The van der Waals surface area contributed by atoms with Crippen LogP contribution in [0.4, 0.5) is 17.6 Å². The van der Waals surface area contributed by atoms with E-state index in [0.717, 1.165) is 36.3 Å². The molecular weight excluding hydrogens is 474 g/mol. The van der Waals surface area contributed by atoms with Crippen LogP contribution in [0.2, 0.25) is 0 Å². The van der Waals surface area contributed by atoms with Crippen molar-refractivity contribution in [1.29, 1.82) is 0 Å². The molecule has 1 aliphatic heterocycles. The first-order chi connectivity index (χ1) is 17.3. The van der Waals surface area contributed by atoms with Gasteiger partial charge in [0.15, 0.2) is 0 Å². The van der Waals surface area contributed by atoms with Crippen LogP contribution < -0.4 is 0 Å². The first kappa shape index (κ1) is 30.1. The molecule has 0 bridgehead atoms. The predicted octanol–water partition coefficient (Wildman–Crippen LogP) is 8.08. The smallest absolute Gasteiger partial charge is 0.417 e. The maximum atomic E-state index is 14.2. The molecule has 8 heteroatoms. The third kappa shape index (κ3) is 9.74. The van der Waals surface area contributed by atoms with Gasteiger partial charge < -0.3 is 9.64 Å². The molecule has 1 aromatic carbocycles. The van der Waals surface area contributed by atoms with Gasteiger partial charge in [0, 0.05) is 6.54 Å². The monoisotopic (exact) mass is 515 g/mol. The molecular formula is C28H41F4NO3. The van der Waals surface area contributed by atoms with Crippen LogP contribution in [0.5, 0.6) is 0 Å². The van der Waals surface area contributed by atoms with Gasteiger partial charge >= 0.3 is 12.1 Å². The zero-order chi connectivity index (χ0) is 26.4. The van der Waals surface area contributed by atoms with Crippen LogP contribution in [0.25, 0.3) is 0 Å². The van der Waals surface area contributed by atoms with Gasteiger partial charge in [-0.1, -0.05) is 90.0 Å². The van der Waals surface area contributed by atoms with Crippen molar-refractivity contribution in [3.63, 3.8) is 0 Å². The molecule has 0 N–H and O–H groups in total. The SMILES string of the molecule is CCCCCCCCCCCCCCCOC(=O)C1CCCN1C(=O)c1c(F)cccc1C(F)(F)F. The van der Waals surface area contributed by atoms with Gasteiger partial charge in [0.25, 0.3) is 5.91 Å². The lowest BCUT2D eigenvalue weighted by Gasteiger charge is -2.25. The van der Waals surface area contributed by atoms with Gasteiger partial charge in [-0.05, 0) is 31.4 Å². The number of nitrogens with zero attached hydrogens (tertiary/aromatic N) is 1. The molecule has 1 atom stereocenters. The fraction of sp³-hybridized carbons (Fsp3) is 0.714. The van der Waals surface area contributed by atoms with E-state index in [4.69, 9.17) is 4.74 Å². The molecule has 1 amide bonds. The van der Waals surface area contributed by atoms with Crippen LogP contribution in [-0.4, -0.2) is 36.0 Å². The third-order valence-electron chi connectivity index (χ3n) is 6.81. The third-order valence-corrected chi connectivity index (χ3v) is 6.81. The summed E-state index contributed by atoms with van der Waals surface area (Å²) in [4.78, 5) is 26.4. The first-order valence-electron chi connectivity index (χ1n) is 13.6. The molecule has 0 spiro atoms. The molecule has 4 nitrogen and oxygen atoms in total. The summed E-state index contributed by atoms with van der Waals surface area (Å²) in [5, 5.41) is 0. The van der Waals surface area contributed by atoms with Crippen LogP contribution in [0.1, 0.15) is 119 Å². The number of ether oxygens (including phenoxy) is 1. The van der Waals surface area contributed by atoms with Gasteiger partial charge in [0.1, 0.15) is 11.9 Å². The van der Waals surface area contributed by atoms with Gasteiger partial charge in [-0.15, -0.1) is 0 Å². The summed E-state index contributed by atoms with van der Waals surface area (Å²) >= 11 is 0. The van der Waals surface area contributed by atoms with Gasteiger partial charge in [-0.3, -0.25) is 4.79 Å². The van der Waals surface area contributed by atoms with E-state index < -0.39 is 41.0 Å². The highest BCUT2D eigenvalue weighted by Crippen LogP contribution is 2.34. The topological polar surface area (TPSA) is 46.6 Å². The van der Waals surface area contributed by atoms with E-state index >= 15 is 0 Å². The number of unbranched alkanes of at least 4 members (excludes halogenated alkanes) is 12. The molecule has 204 valence electrons. The summed E-state index contributed by atoms with van der Waals surface area (Å²) in [6, 6.07) is 1.43. The lowest BCUT2D eigenvalue weighted by atomic mass is 10.0. The molecule has 1 saturated heterocycles. The normalized spacial score (nSPS) is 15.9. The molecule has 1 unspecified atom stereocenters. The maximum Gasteiger partial charge on any atom is 0.417 e. The Labute approximate surface area is 212 Å². The molecule has 36 heavy (non-hydrogen) atoms. The van der Waals surface area contributed by atoms with Crippen LogP contribution >= 0.6 is 0 Å². The zero-order valence-corrected chi connectivity index (χ0v) is 21.5. The Morgan fingerprint density at radius 2 is 1.47 bits per heavy atom. The van der Waals surface area contributed by atoms with Gasteiger partial charge in [-0.2, -0.15) is 13.2 Å². The number of esters is 1. The molecule has 2 rings (SSSR count). The average Bonchev–Trinajstić information content (AvgIpc) is 3.33. The minimum Gasteiger partial charge on any atom is -0.464 e. The van der Waals surface area contributed by atoms with E-state index in [2.05, 4.69) is 6.92 Å². The average molecular weight is 516 g/mol. The minimum absolute atomic E-state index is 0.0863. The van der Waals surface area contributed by atoms with Crippen LogP contribution in [0, 0.1) is 5.82 Å². The Kier molecular flexibility index (Phi) is 13.3. The Hall–Kier alpha value is -2.12.